The molecule has 1 aliphatic heterocycles. The van der Waals surface area contributed by atoms with Crippen LogP contribution in [-0.4, -0.2) is 19.1 Å². The Balaban J connectivity index is 1.48. The second-order valence-corrected chi connectivity index (χ2v) is 7.26. The zero-order valence-electron chi connectivity index (χ0n) is 14.1. The summed E-state index contributed by atoms with van der Waals surface area (Å²) in [7, 11) is 1.62. The van der Waals surface area contributed by atoms with E-state index >= 15 is 0 Å². The van der Waals surface area contributed by atoms with Gasteiger partial charge >= 0.3 is 0 Å². The molecule has 25 heavy (non-hydrogen) atoms. The SMILES string of the molecule is COc1cc(NC2CCC3(CC2)C(=O)Nc2ccccc23)ccc1Cl. The number of halogens is 1. The highest BCUT2D eigenvalue weighted by Crippen LogP contribution is 2.47. The zero-order chi connectivity index (χ0) is 17.4. The predicted molar refractivity (Wildman–Crippen MR) is 101 cm³/mol. The van der Waals surface area contributed by atoms with Gasteiger partial charge in [-0.15, -0.1) is 0 Å². The van der Waals surface area contributed by atoms with Gasteiger partial charge in [-0.25, -0.2) is 0 Å². The minimum atomic E-state index is -0.355. The normalized spacial score (nSPS) is 24.7. The van der Waals surface area contributed by atoms with E-state index in [1.165, 1.54) is 0 Å². The summed E-state index contributed by atoms with van der Waals surface area (Å²) in [5.41, 5.74) is 2.78. The van der Waals surface area contributed by atoms with Crippen LogP contribution in [0.25, 0.3) is 0 Å². The van der Waals surface area contributed by atoms with Crippen molar-refractivity contribution in [1.82, 2.24) is 0 Å². The van der Waals surface area contributed by atoms with Crippen LogP contribution >= 0.6 is 11.6 Å². The molecule has 1 heterocycles. The number of methoxy groups -OCH3 is 1. The van der Waals surface area contributed by atoms with Crippen LogP contribution in [0, 0.1) is 0 Å². The lowest BCUT2D eigenvalue weighted by Gasteiger charge is -2.36. The molecule has 0 saturated heterocycles. The Kier molecular flexibility index (Phi) is 4.08. The number of carbonyl (C=O) groups is 1. The predicted octanol–water partition coefficient (Wildman–Crippen LogP) is 4.59. The zero-order valence-corrected chi connectivity index (χ0v) is 14.9. The number of carbonyl (C=O) groups excluding carboxylic acids is 1. The fourth-order valence-electron chi connectivity index (χ4n) is 4.11. The first-order chi connectivity index (χ1) is 12.1. The lowest BCUT2D eigenvalue weighted by atomic mass is 9.69. The van der Waals surface area contributed by atoms with Gasteiger partial charge in [-0.05, 0) is 49.4 Å². The van der Waals surface area contributed by atoms with E-state index in [1.807, 2.05) is 36.4 Å². The van der Waals surface area contributed by atoms with E-state index in [4.69, 9.17) is 16.3 Å². The van der Waals surface area contributed by atoms with Crippen molar-refractivity contribution in [2.75, 3.05) is 17.7 Å². The number of hydrogen-bond acceptors (Lipinski definition) is 3. The van der Waals surface area contributed by atoms with Crippen molar-refractivity contribution in [1.29, 1.82) is 0 Å². The van der Waals surface area contributed by atoms with E-state index in [-0.39, 0.29) is 11.3 Å². The smallest absolute Gasteiger partial charge is 0.235 e. The van der Waals surface area contributed by atoms with Crippen molar-refractivity contribution in [3.8, 4) is 5.75 Å². The lowest BCUT2D eigenvalue weighted by Crippen LogP contribution is -2.41. The van der Waals surface area contributed by atoms with E-state index in [9.17, 15) is 4.79 Å². The van der Waals surface area contributed by atoms with Crippen molar-refractivity contribution >= 4 is 28.9 Å². The topological polar surface area (TPSA) is 50.4 Å². The van der Waals surface area contributed by atoms with Gasteiger partial charge in [0.1, 0.15) is 5.75 Å². The Hall–Kier alpha value is -2.20. The fourth-order valence-corrected chi connectivity index (χ4v) is 4.30. The van der Waals surface area contributed by atoms with Crippen molar-refractivity contribution in [2.24, 2.45) is 0 Å². The van der Waals surface area contributed by atoms with Crippen LogP contribution < -0.4 is 15.4 Å². The third kappa shape index (κ3) is 2.74. The molecule has 5 heteroatoms. The summed E-state index contributed by atoms with van der Waals surface area (Å²) in [6.07, 6.45) is 3.62. The maximum Gasteiger partial charge on any atom is 0.235 e. The number of para-hydroxylation sites is 1. The molecule has 4 nitrogen and oxygen atoms in total. The summed E-state index contributed by atoms with van der Waals surface area (Å²) in [5, 5.41) is 7.22. The standard InChI is InChI=1S/C20H21ClN2O2/c1-25-18-12-14(6-7-16(18)21)22-13-8-10-20(11-9-13)15-4-2-3-5-17(15)23-19(20)24/h2-7,12-13,22H,8-11H2,1H3,(H,23,24). The van der Waals surface area contributed by atoms with Crippen LogP contribution in [-0.2, 0) is 10.2 Å². The minimum absolute atomic E-state index is 0.153. The third-order valence-corrected chi connectivity index (χ3v) is 5.80. The molecule has 1 aliphatic carbocycles. The molecule has 1 spiro atoms. The van der Waals surface area contributed by atoms with Crippen LogP contribution in [0.3, 0.4) is 0 Å². The summed E-state index contributed by atoms with van der Waals surface area (Å²) >= 11 is 6.09. The number of hydrogen-bond donors (Lipinski definition) is 2. The second-order valence-electron chi connectivity index (χ2n) is 6.85. The first kappa shape index (κ1) is 16.3. The van der Waals surface area contributed by atoms with Gasteiger partial charge in [0.15, 0.2) is 0 Å². The van der Waals surface area contributed by atoms with Crippen molar-refractivity contribution in [3.05, 3.63) is 53.1 Å². The third-order valence-electron chi connectivity index (χ3n) is 5.49. The lowest BCUT2D eigenvalue weighted by molar-refractivity contribution is -0.122. The van der Waals surface area contributed by atoms with Gasteiger partial charge in [-0.3, -0.25) is 4.79 Å². The fraction of sp³-hybridized carbons (Fsp3) is 0.350. The van der Waals surface area contributed by atoms with Gasteiger partial charge in [-0.1, -0.05) is 29.8 Å². The first-order valence-corrected chi connectivity index (χ1v) is 9.01. The van der Waals surface area contributed by atoms with Crippen LogP contribution in [0.5, 0.6) is 5.75 Å². The van der Waals surface area contributed by atoms with Crippen LogP contribution in [0.1, 0.15) is 31.2 Å². The Morgan fingerprint density at radius 2 is 1.96 bits per heavy atom. The van der Waals surface area contributed by atoms with E-state index in [2.05, 4.69) is 16.7 Å². The number of ether oxygens (including phenoxy) is 1. The van der Waals surface area contributed by atoms with Crippen molar-refractivity contribution in [2.45, 2.75) is 37.1 Å². The molecular weight excluding hydrogens is 336 g/mol. The molecular formula is C20H21ClN2O2. The molecule has 1 saturated carbocycles. The Morgan fingerprint density at radius 3 is 2.72 bits per heavy atom. The number of nitrogens with one attached hydrogen (secondary N) is 2. The van der Waals surface area contributed by atoms with E-state index in [0.29, 0.717) is 16.8 Å². The number of rotatable bonds is 3. The summed E-state index contributed by atoms with van der Waals surface area (Å²) in [6, 6.07) is 14.1. The highest BCUT2D eigenvalue weighted by atomic mass is 35.5. The van der Waals surface area contributed by atoms with Gasteiger partial charge in [-0.2, -0.15) is 0 Å². The van der Waals surface area contributed by atoms with Crippen molar-refractivity contribution < 1.29 is 9.53 Å². The maximum absolute atomic E-state index is 12.6. The van der Waals surface area contributed by atoms with Crippen molar-refractivity contribution in [3.63, 3.8) is 0 Å². The largest absolute Gasteiger partial charge is 0.495 e. The summed E-state index contributed by atoms with van der Waals surface area (Å²) in [6.45, 7) is 0. The molecule has 0 unspecified atom stereocenters. The van der Waals surface area contributed by atoms with Gasteiger partial charge in [0.05, 0.1) is 17.5 Å². The molecule has 2 N–H and O–H groups in total. The number of amides is 1. The summed E-state index contributed by atoms with van der Waals surface area (Å²) < 4.78 is 5.28. The summed E-state index contributed by atoms with van der Waals surface area (Å²) in [4.78, 5) is 12.6. The van der Waals surface area contributed by atoms with Crippen LogP contribution in [0.2, 0.25) is 5.02 Å². The van der Waals surface area contributed by atoms with Crippen LogP contribution in [0.15, 0.2) is 42.5 Å². The summed E-state index contributed by atoms with van der Waals surface area (Å²) in [5.74, 6) is 0.823. The van der Waals surface area contributed by atoms with E-state index in [1.54, 1.807) is 7.11 Å². The molecule has 0 radical (unpaired) electrons. The highest BCUT2D eigenvalue weighted by molar-refractivity contribution is 6.32. The first-order valence-electron chi connectivity index (χ1n) is 8.63. The molecule has 2 aromatic rings. The molecule has 0 aromatic heterocycles. The second kappa shape index (κ2) is 6.26. The van der Waals surface area contributed by atoms with Gasteiger partial charge in [0, 0.05) is 23.5 Å². The number of benzene rings is 2. The van der Waals surface area contributed by atoms with Gasteiger partial charge < -0.3 is 15.4 Å². The molecule has 2 aliphatic rings. The quantitative estimate of drug-likeness (QED) is 0.845. The maximum atomic E-state index is 12.6. The molecule has 4 rings (SSSR count). The minimum Gasteiger partial charge on any atom is -0.495 e. The Bertz CT molecular complexity index is 813. The highest BCUT2D eigenvalue weighted by Gasteiger charge is 2.48. The van der Waals surface area contributed by atoms with Crippen LogP contribution in [0.4, 0.5) is 11.4 Å². The Labute approximate surface area is 152 Å². The number of anilines is 2. The van der Waals surface area contributed by atoms with Gasteiger partial charge in [0.25, 0.3) is 0 Å². The average molecular weight is 357 g/mol. The van der Waals surface area contributed by atoms with E-state index < -0.39 is 0 Å². The number of fused-ring (bicyclic) bond motifs is 2. The molecule has 1 fully saturated rings. The molecule has 2 aromatic carbocycles. The van der Waals surface area contributed by atoms with E-state index in [0.717, 1.165) is 42.6 Å². The molecule has 130 valence electrons. The molecule has 0 bridgehead atoms. The van der Waals surface area contributed by atoms with Gasteiger partial charge in [0.2, 0.25) is 5.91 Å². The Morgan fingerprint density at radius 1 is 1.20 bits per heavy atom. The molecule has 0 atom stereocenters. The molecule has 1 amide bonds. The average Bonchev–Trinajstić information content (AvgIpc) is 2.90. The monoisotopic (exact) mass is 356 g/mol.